The van der Waals surface area contributed by atoms with Crippen LogP contribution in [0, 0.1) is 0 Å². The molecule has 0 aromatic heterocycles. The fourth-order valence-corrected chi connectivity index (χ4v) is 3.38. The Hall–Kier alpha value is -2.17. The summed E-state index contributed by atoms with van der Waals surface area (Å²) in [5, 5.41) is 3.13. The fraction of sp³-hybridized carbons (Fsp3) is 0.409. The molecule has 0 spiro atoms. The van der Waals surface area contributed by atoms with Gasteiger partial charge in [-0.1, -0.05) is 49.4 Å². The van der Waals surface area contributed by atoms with Gasteiger partial charge in [0.25, 0.3) is 5.91 Å². The second kappa shape index (κ2) is 8.47. The van der Waals surface area contributed by atoms with Gasteiger partial charge in [0, 0.05) is 30.7 Å². The quantitative estimate of drug-likeness (QED) is 0.864. The average Bonchev–Trinajstić information content (AvgIpc) is 2.73. The Kier molecular flexibility index (Phi) is 6.07. The number of benzene rings is 2. The van der Waals surface area contributed by atoms with Crippen molar-refractivity contribution < 1.29 is 9.53 Å². The van der Waals surface area contributed by atoms with Gasteiger partial charge < -0.3 is 10.1 Å². The molecule has 1 N–H and O–H groups in total. The topological polar surface area (TPSA) is 41.6 Å². The average molecular weight is 352 g/mol. The van der Waals surface area contributed by atoms with Crippen LogP contribution in [0.4, 0.5) is 0 Å². The summed E-state index contributed by atoms with van der Waals surface area (Å²) in [7, 11) is 0. The van der Waals surface area contributed by atoms with Crippen molar-refractivity contribution in [3.8, 4) is 11.1 Å². The molecule has 4 nitrogen and oxygen atoms in total. The predicted molar refractivity (Wildman–Crippen MR) is 105 cm³/mol. The molecule has 1 amide bonds. The molecule has 1 unspecified atom stereocenters. The molecular weight excluding hydrogens is 324 g/mol. The van der Waals surface area contributed by atoms with Crippen LogP contribution >= 0.6 is 0 Å². The highest BCUT2D eigenvalue weighted by molar-refractivity contribution is 5.94. The van der Waals surface area contributed by atoms with Crippen LogP contribution in [0.1, 0.15) is 30.6 Å². The molecule has 0 bridgehead atoms. The first kappa shape index (κ1) is 18.6. The summed E-state index contributed by atoms with van der Waals surface area (Å²) >= 11 is 0. The number of rotatable bonds is 6. The summed E-state index contributed by atoms with van der Waals surface area (Å²) in [6.07, 6.45) is 0.986. The van der Waals surface area contributed by atoms with Gasteiger partial charge >= 0.3 is 0 Å². The third-order valence-electron chi connectivity index (χ3n) is 5.42. The van der Waals surface area contributed by atoms with E-state index in [4.69, 9.17) is 4.74 Å². The number of ether oxygens (including phenoxy) is 1. The van der Waals surface area contributed by atoms with Crippen LogP contribution in [0.5, 0.6) is 0 Å². The zero-order chi connectivity index (χ0) is 18.4. The number of hydrogen-bond acceptors (Lipinski definition) is 3. The van der Waals surface area contributed by atoms with E-state index in [0.717, 1.165) is 43.9 Å². The maximum absolute atomic E-state index is 12.6. The number of hydrogen-bond donors (Lipinski definition) is 1. The molecule has 1 heterocycles. The van der Waals surface area contributed by atoms with Crippen LogP contribution in [-0.4, -0.2) is 49.2 Å². The molecule has 1 aliphatic rings. The maximum Gasteiger partial charge on any atom is 0.251 e. The lowest BCUT2D eigenvalue weighted by Gasteiger charge is -2.43. The highest BCUT2D eigenvalue weighted by atomic mass is 16.5. The molecule has 0 saturated carbocycles. The van der Waals surface area contributed by atoms with Crippen molar-refractivity contribution in [2.24, 2.45) is 0 Å². The van der Waals surface area contributed by atoms with Gasteiger partial charge in [-0.2, -0.15) is 0 Å². The summed E-state index contributed by atoms with van der Waals surface area (Å²) < 4.78 is 5.45. The van der Waals surface area contributed by atoms with E-state index in [-0.39, 0.29) is 11.4 Å². The lowest BCUT2D eigenvalue weighted by molar-refractivity contribution is -0.0169. The first-order chi connectivity index (χ1) is 12.6. The fourth-order valence-electron chi connectivity index (χ4n) is 3.38. The van der Waals surface area contributed by atoms with E-state index in [1.807, 2.05) is 42.5 Å². The number of carbonyl (C=O) groups excluding carboxylic acids is 1. The highest BCUT2D eigenvalue weighted by Crippen LogP contribution is 2.21. The van der Waals surface area contributed by atoms with Crippen molar-refractivity contribution in [3.05, 3.63) is 60.2 Å². The number of carbonyl (C=O) groups is 1. The molecule has 0 aliphatic carbocycles. The number of amides is 1. The van der Waals surface area contributed by atoms with Crippen molar-refractivity contribution in [1.29, 1.82) is 0 Å². The zero-order valence-electron chi connectivity index (χ0n) is 15.7. The number of morpholine rings is 1. The van der Waals surface area contributed by atoms with Gasteiger partial charge in [0.2, 0.25) is 0 Å². The molecule has 26 heavy (non-hydrogen) atoms. The maximum atomic E-state index is 12.6. The van der Waals surface area contributed by atoms with Crippen LogP contribution in [-0.2, 0) is 4.74 Å². The monoisotopic (exact) mass is 352 g/mol. The summed E-state index contributed by atoms with van der Waals surface area (Å²) in [6.45, 7) is 8.42. The summed E-state index contributed by atoms with van der Waals surface area (Å²) in [5.41, 5.74) is 2.94. The largest absolute Gasteiger partial charge is 0.379 e. The van der Waals surface area contributed by atoms with Gasteiger partial charge in [-0.3, -0.25) is 9.69 Å². The van der Waals surface area contributed by atoms with E-state index >= 15 is 0 Å². The number of nitrogens with one attached hydrogen (secondary N) is 1. The Bertz CT molecular complexity index is 709. The van der Waals surface area contributed by atoms with Gasteiger partial charge in [-0.15, -0.1) is 0 Å². The van der Waals surface area contributed by atoms with Gasteiger partial charge in [0.1, 0.15) is 0 Å². The van der Waals surface area contributed by atoms with E-state index in [0.29, 0.717) is 12.1 Å². The smallest absolute Gasteiger partial charge is 0.251 e. The molecule has 3 rings (SSSR count). The van der Waals surface area contributed by atoms with Crippen molar-refractivity contribution in [2.75, 3.05) is 32.8 Å². The van der Waals surface area contributed by atoms with Crippen LogP contribution in [0.2, 0.25) is 0 Å². The molecule has 2 aromatic rings. The lowest BCUT2D eigenvalue weighted by Crippen LogP contribution is -2.56. The lowest BCUT2D eigenvalue weighted by atomic mass is 9.95. The van der Waals surface area contributed by atoms with Crippen LogP contribution in [0.25, 0.3) is 11.1 Å². The standard InChI is InChI=1S/C22H28N2O2/c1-3-22(2,24-13-15-26-16-14-24)17-23-21(25)20-11-9-19(10-12-20)18-7-5-4-6-8-18/h4-12H,3,13-17H2,1-2H3,(H,23,25). The summed E-state index contributed by atoms with van der Waals surface area (Å²) in [5.74, 6) is -0.0162. The minimum absolute atomic E-state index is 0.0162. The third kappa shape index (κ3) is 4.32. The zero-order valence-corrected chi connectivity index (χ0v) is 15.7. The first-order valence-corrected chi connectivity index (χ1v) is 9.39. The van der Waals surface area contributed by atoms with Crippen molar-refractivity contribution >= 4 is 5.91 Å². The minimum atomic E-state index is -0.0383. The summed E-state index contributed by atoms with van der Waals surface area (Å²) in [4.78, 5) is 15.0. The molecule has 4 heteroatoms. The molecule has 2 aromatic carbocycles. The van der Waals surface area contributed by atoms with E-state index in [1.165, 1.54) is 0 Å². The van der Waals surface area contributed by atoms with E-state index in [9.17, 15) is 4.79 Å². The van der Waals surface area contributed by atoms with Crippen LogP contribution in [0.3, 0.4) is 0 Å². The van der Waals surface area contributed by atoms with Gasteiger partial charge in [0.15, 0.2) is 0 Å². The van der Waals surface area contributed by atoms with E-state index < -0.39 is 0 Å². The van der Waals surface area contributed by atoms with Crippen molar-refractivity contribution in [1.82, 2.24) is 10.2 Å². The molecule has 1 saturated heterocycles. The molecular formula is C22H28N2O2. The van der Waals surface area contributed by atoms with Crippen molar-refractivity contribution in [2.45, 2.75) is 25.8 Å². The highest BCUT2D eigenvalue weighted by Gasteiger charge is 2.31. The summed E-state index contributed by atoms with van der Waals surface area (Å²) in [6, 6.07) is 18.0. The van der Waals surface area contributed by atoms with E-state index in [2.05, 4.69) is 36.2 Å². The van der Waals surface area contributed by atoms with Crippen LogP contribution in [0.15, 0.2) is 54.6 Å². The van der Waals surface area contributed by atoms with Crippen molar-refractivity contribution in [3.63, 3.8) is 0 Å². The molecule has 1 fully saturated rings. The Balaban J connectivity index is 1.62. The second-order valence-electron chi connectivity index (χ2n) is 7.08. The normalized spacial score (nSPS) is 17.5. The SMILES string of the molecule is CCC(C)(CNC(=O)c1ccc(-c2ccccc2)cc1)N1CCOCC1. The molecule has 0 radical (unpaired) electrons. The number of nitrogens with zero attached hydrogens (tertiary/aromatic N) is 1. The molecule has 1 atom stereocenters. The third-order valence-corrected chi connectivity index (χ3v) is 5.42. The Labute approximate surface area is 156 Å². The van der Waals surface area contributed by atoms with Crippen LogP contribution < -0.4 is 5.32 Å². The molecule has 1 aliphatic heterocycles. The minimum Gasteiger partial charge on any atom is -0.379 e. The Morgan fingerprint density at radius 2 is 1.65 bits per heavy atom. The van der Waals surface area contributed by atoms with Gasteiger partial charge in [-0.25, -0.2) is 0 Å². The second-order valence-corrected chi connectivity index (χ2v) is 7.08. The predicted octanol–water partition coefficient (Wildman–Crippen LogP) is 3.58. The van der Waals surface area contributed by atoms with Gasteiger partial charge in [-0.05, 0) is 36.6 Å². The Morgan fingerprint density at radius 1 is 1.04 bits per heavy atom. The molecule has 138 valence electrons. The first-order valence-electron chi connectivity index (χ1n) is 9.39. The Morgan fingerprint density at radius 3 is 2.27 bits per heavy atom. The van der Waals surface area contributed by atoms with Gasteiger partial charge in [0.05, 0.1) is 13.2 Å². The van der Waals surface area contributed by atoms with E-state index in [1.54, 1.807) is 0 Å².